The normalized spacial score (nSPS) is 26.7. The molecule has 2 atom stereocenters. The molecule has 1 aromatic rings. The molecule has 0 aromatic heterocycles. The lowest BCUT2D eigenvalue weighted by molar-refractivity contribution is -0.136. The average Bonchev–Trinajstić information content (AvgIpc) is 3.41. The van der Waals surface area contributed by atoms with Crippen molar-refractivity contribution >= 4 is 23.6 Å². The fraction of sp³-hybridized carbons (Fsp3) is 0.583. The highest BCUT2D eigenvalue weighted by molar-refractivity contribution is 6.24. The van der Waals surface area contributed by atoms with E-state index in [-0.39, 0.29) is 18.7 Å². The van der Waals surface area contributed by atoms with Gasteiger partial charge in [0.25, 0.3) is 11.8 Å². The van der Waals surface area contributed by atoms with E-state index in [2.05, 4.69) is 15.5 Å². The molecule has 3 fully saturated rings. The first kappa shape index (κ1) is 22.2. The topological polar surface area (TPSA) is 108 Å². The smallest absolute Gasteiger partial charge is 0.262 e. The van der Waals surface area contributed by atoms with Crippen molar-refractivity contribution in [1.82, 2.24) is 20.4 Å². The summed E-state index contributed by atoms with van der Waals surface area (Å²) in [6.45, 7) is 5.20. The van der Waals surface area contributed by atoms with Gasteiger partial charge in [0, 0.05) is 26.1 Å². The van der Waals surface area contributed by atoms with E-state index in [1.165, 1.54) is 0 Å². The maximum Gasteiger partial charge on any atom is 0.262 e. The Morgan fingerprint density at radius 1 is 1.00 bits per heavy atom. The van der Waals surface area contributed by atoms with Crippen LogP contribution in [0.25, 0.3) is 0 Å². The second kappa shape index (κ2) is 9.32. The van der Waals surface area contributed by atoms with Gasteiger partial charge in [-0.15, -0.1) is 0 Å². The number of rotatable bonds is 6. The molecule has 3 saturated heterocycles. The molecule has 0 spiro atoms. The Labute approximate surface area is 192 Å². The SMILES string of the molecule is O=C1CCC(N2C(=O)c3cccc(CN4CCC(COC5CCNC5)CC4)c3C2=O)C(=O)N1. The van der Waals surface area contributed by atoms with Crippen LogP contribution in [0.1, 0.15) is 58.4 Å². The van der Waals surface area contributed by atoms with E-state index in [1.54, 1.807) is 12.1 Å². The number of piperidine rings is 2. The number of hydrogen-bond acceptors (Lipinski definition) is 7. The monoisotopic (exact) mass is 454 g/mol. The van der Waals surface area contributed by atoms with Crippen molar-refractivity contribution in [3.63, 3.8) is 0 Å². The van der Waals surface area contributed by atoms with E-state index in [0.717, 1.165) is 62.5 Å². The number of likely N-dealkylation sites (tertiary alicyclic amines) is 1. The van der Waals surface area contributed by atoms with Gasteiger partial charge in [0.15, 0.2) is 0 Å². The number of fused-ring (bicyclic) bond motifs is 1. The maximum absolute atomic E-state index is 13.3. The van der Waals surface area contributed by atoms with Crippen LogP contribution in [0.15, 0.2) is 18.2 Å². The molecule has 0 radical (unpaired) electrons. The highest BCUT2D eigenvalue weighted by Crippen LogP contribution is 2.31. The highest BCUT2D eigenvalue weighted by atomic mass is 16.5. The molecule has 5 rings (SSSR count). The minimum absolute atomic E-state index is 0.118. The lowest BCUT2D eigenvalue weighted by Crippen LogP contribution is -2.54. The summed E-state index contributed by atoms with van der Waals surface area (Å²) in [6.07, 6.45) is 3.80. The van der Waals surface area contributed by atoms with Crippen LogP contribution in [0.2, 0.25) is 0 Å². The zero-order valence-electron chi connectivity index (χ0n) is 18.7. The molecule has 0 saturated carbocycles. The minimum Gasteiger partial charge on any atom is -0.377 e. The fourth-order valence-corrected chi connectivity index (χ4v) is 5.31. The fourth-order valence-electron chi connectivity index (χ4n) is 5.31. The van der Waals surface area contributed by atoms with Gasteiger partial charge in [-0.1, -0.05) is 12.1 Å². The number of hydrogen-bond donors (Lipinski definition) is 2. The number of benzene rings is 1. The summed E-state index contributed by atoms with van der Waals surface area (Å²) in [7, 11) is 0. The van der Waals surface area contributed by atoms with Crippen LogP contribution in [-0.4, -0.2) is 78.4 Å². The Bertz CT molecular complexity index is 966. The summed E-state index contributed by atoms with van der Waals surface area (Å²) in [5, 5.41) is 5.57. The van der Waals surface area contributed by atoms with E-state index in [0.29, 0.717) is 29.7 Å². The van der Waals surface area contributed by atoms with Gasteiger partial charge in [-0.2, -0.15) is 0 Å². The predicted molar refractivity (Wildman–Crippen MR) is 118 cm³/mol. The van der Waals surface area contributed by atoms with E-state index in [9.17, 15) is 19.2 Å². The van der Waals surface area contributed by atoms with Crippen LogP contribution in [-0.2, 0) is 20.9 Å². The molecule has 4 aliphatic heterocycles. The number of nitrogens with one attached hydrogen (secondary N) is 2. The molecular weight excluding hydrogens is 424 g/mol. The molecule has 9 heteroatoms. The lowest BCUT2D eigenvalue weighted by atomic mass is 9.96. The lowest BCUT2D eigenvalue weighted by Gasteiger charge is -2.32. The van der Waals surface area contributed by atoms with Crippen LogP contribution in [0.5, 0.6) is 0 Å². The number of carbonyl (C=O) groups excluding carboxylic acids is 4. The zero-order chi connectivity index (χ0) is 22.9. The number of amides is 4. The van der Waals surface area contributed by atoms with Crippen LogP contribution in [0.3, 0.4) is 0 Å². The Morgan fingerprint density at radius 2 is 1.82 bits per heavy atom. The minimum atomic E-state index is -0.936. The third kappa shape index (κ3) is 4.45. The molecule has 33 heavy (non-hydrogen) atoms. The Hall–Kier alpha value is -2.62. The van der Waals surface area contributed by atoms with E-state index >= 15 is 0 Å². The number of ether oxygens (including phenoxy) is 1. The Morgan fingerprint density at radius 3 is 2.55 bits per heavy atom. The summed E-state index contributed by atoms with van der Waals surface area (Å²) in [4.78, 5) is 53.4. The van der Waals surface area contributed by atoms with Crippen molar-refractivity contribution in [2.45, 2.75) is 50.8 Å². The van der Waals surface area contributed by atoms with Gasteiger partial charge < -0.3 is 10.1 Å². The average molecular weight is 455 g/mol. The maximum atomic E-state index is 13.3. The Kier molecular flexibility index (Phi) is 6.27. The van der Waals surface area contributed by atoms with Gasteiger partial charge in [-0.05, 0) is 62.9 Å². The quantitative estimate of drug-likeness (QED) is 0.609. The van der Waals surface area contributed by atoms with Crippen LogP contribution < -0.4 is 10.6 Å². The number of carbonyl (C=O) groups is 4. The summed E-state index contributed by atoms with van der Waals surface area (Å²) < 4.78 is 6.04. The standard InChI is InChI=1S/C24H30N4O5/c29-20-5-4-19(22(30)26-20)28-23(31)18-3-1-2-16(21(18)24(28)32)13-27-10-7-15(8-11-27)14-33-17-6-9-25-12-17/h1-3,15,17,19,25H,4-14H2,(H,26,29,30). The molecule has 176 valence electrons. The van der Waals surface area contributed by atoms with Gasteiger partial charge in [0.2, 0.25) is 11.8 Å². The second-order valence-corrected chi connectivity index (χ2v) is 9.45. The van der Waals surface area contributed by atoms with Crippen LogP contribution in [0.4, 0.5) is 0 Å². The summed E-state index contributed by atoms with van der Waals surface area (Å²) in [6, 6.07) is 4.39. The molecule has 4 aliphatic rings. The second-order valence-electron chi connectivity index (χ2n) is 9.45. The predicted octanol–water partition coefficient (Wildman–Crippen LogP) is 0.678. The van der Waals surface area contributed by atoms with Gasteiger partial charge >= 0.3 is 0 Å². The van der Waals surface area contributed by atoms with Gasteiger partial charge in [0.05, 0.1) is 17.2 Å². The van der Waals surface area contributed by atoms with Crippen molar-refractivity contribution in [1.29, 1.82) is 0 Å². The third-order valence-electron chi connectivity index (χ3n) is 7.24. The summed E-state index contributed by atoms with van der Waals surface area (Å²) in [5.41, 5.74) is 1.55. The summed E-state index contributed by atoms with van der Waals surface area (Å²) >= 11 is 0. The zero-order valence-corrected chi connectivity index (χ0v) is 18.7. The first-order valence-electron chi connectivity index (χ1n) is 11.9. The molecule has 9 nitrogen and oxygen atoms in total. The molecule has 0 bridgehead atoms. The van der Waals surface area contributed by atoms with Crippen molar-refractivity contribution in [2.24, 2.45) is 5.92 Å². The summed E-state index contributed by atoms with van der Waals surface area (Å²) in [5.74, 6) is -1.30. The highest BCUT2D eigenvalue weighted by Gasteiger charge is 2.45. The van der Waals surface area contributed by atoms with Crippen LogP contribution >= 0.6 is 0 Å². The van der Waals surface area contributed by atoms with E-state index < -0.39 is 23.8 Å². The first-order chi connectivity index (χ1) is 16.0. The van der Waals surface area contributed by atoms with Gasteiger partial charge in [-0.3, -0.25) is 34.3 Å². The van der Waals surface area contributed by atoms with Crippen molar-refractivity contribution in [3.8, 4) is 0 Å². The largest absolute Gasteiger partial charge is 0.377 e. The van der Waals surface area contributed by atoms with Crippen molar-refractivity contribution < 1.29 is 23.9 Å². The molecule has 0 aliphatic carbocycles. The number of imide groups is 2. The molecule has 2 N–H and O–H groups in total. The molecule has 4 amide bonds. The first-order valence-corrected chi connectivity index (χ1v) is 11.9. The van der Waals surface area contributed by atoms with Crippen molar-refractivity contribution in [3.05, 3.63) is 34.9 Å². The Balaban J connectivity index is 1.22. The molecule has 4 heterocycles. The van der Waals surface area contributed by atoms with Gasteiger partial charge in [0.1, 0.15) is 6.04 Å². The number of nitrogens with zero attached hydrogens (tertiary/aromatic N) is 2. The molecule has 2 unspecified atom stereocenters. The van der Waals surface area contributed by atoms with E-state index in [1.807, 2.05) is 6.07 Å². The van der Waals surface area contributed by atoms with E-state index in [4.69, 9.17) is 4.74 Å². The third-order valence-corrected chi connectivity index (χ3v) is 7.24. The molecule has 1 aromatic carbocycles. The van der Waals surface area contributed by atoms with Gasteiger partial charge in [-0.25, -0.2) is 0 Å². The molecular formula is C24H30N4O5. The van der Waals surface area contributed by atoms with Crippen molar-refractivity contribution in [2.75, 3.05) is 32.8 Å². The van der Waals surface area contributed by atoms with Crippen LogP contribution in [0, 0.1) is 5.92 Å².